The van der Waals surface area contributed by atoms with Crippen LogP contribution in [0.15, 0.2) is 82.5 Å². The number of aliphatic hydroxyl groups excluding tert-OH is 1. The third kappa shape index (κ3) is 3.84. The summed E-state index contributed by atoms with van der Waals surface area (Å²) in [7, 11) is 1.45. The van der Waals surface area contributed by atoms with Crippen molar-refractivity contribution in [1.82, 2.24) is 0 Å². The lowest BCUT2D eigenvalue weighted by Gasteiger charge is -2.27. The van der Waals surface area contributed by atoms with Crippen LogP contribution in [-0.2, 0) is 4.79 Å². The summed E-state index contributed by atoms with van der Waals surface area (Å²) < 4.78 is 24.7. The molecule has 0 saturated carbocycles. The number of aliphatic hydroxyl groups is 1. The van der Waals surface area contributed by atoms with Crippen molar-refractivity contribution in [3.05, 3.63) is 106 Å². The first-order valence-corrected chi connectivity index (χ1v) is 11.1. The zero-order valence-electron chi connectivity index (χ0n) is 18.7. The minimum atomic E-state index is -0.959. The van der Waals surface area contributed by atoms with Crippen molar-refractivity contribution in [2.24, 2.45) is 0 Å². The number of rotatable bonds is 5. The molecule has 2 heterocycles. The van der Waals surface area contributed by atoms with Crippen molar-refractivity contribution in [3.8, 4) is 5.75 Å². The van der Waals surface area contributed by atoms with Crippen LogP contribution >= 0.6 is 11.6 Å². The topological polar surface area (TPSA) is 80.0 Å². The number of methoxy groups -OCH3 is 1. The first-order valence-electron chi connectivity index (χ1n) is 10.7. The summed E-state index contributed by atoms with van der Waals surface area (Å²) in [6, 6.07) is 16.2. The van der Waals surface area contributed by atoms with Gasteiger partial charge in [0.05, 0.1) is 18.7 Å². The lowest BCUT2D eigenvalue weighted by molar-refractivity contribution is -0.117. The molecular weight excluding hydrogens is 473 g/mol. The minimum absolute atomic E-state index is 0.0893. The molecule has 0 fully saturated rings. The number of benzene rings is 3. The van der Waals surface area contributed by atoms with Crippen LogP contribution < -0.4 is 9.64 Å². The zero-order chi connectivity index (χ0) is 24.9. The molecule has 1 amide bonds. The fraction of sp³-hybridized carbons (Fsp3) is 0.111. The van der Waals surface area contributed by atoms with E-state index in [0.29, 0.717) is 33.0 Å². The Balaban J connectivity index is 1.67. The second-order valence-corrected chi connectivity index (χ2v) is 8.63. The van der Waals surface area contributed by atoms with Crippen molar-refractivity contribution in [2.75, 3.05) is 12.0 Å². The van der Waals surface area contributed by atoms with Crippen LogP contribution in [0, 0.1) is 12.7 Å². The quantitative estimate of drug-likeness (QED) is 0.330. The number of ketones is 1. The Morgan fingerprint density at radius 2 is 1.86 bits per heavy atom. The highest BCUT2D eigenvalue weighted by atomic mass is 35.5. The third-order valence-electron chi connectivity index (χ3n) is 5.91. The third-order valence-corrected chi connectivity index (χ3v) is 6.12. The van der Waals surface area contributed by atoms with Gasteiger partial charge in [-0.25, -0.2) is 4.39 Å². The Labute approximate surface area is 204 Å². The number of aryl methyl sites for hydroxylation is 1. The van der Waals surface area contributed by atoms with E-state index in [0.717, 1.165) is 5.56 Å². The van der Waals surface area contributed by atoms with Gasteiger partial charge >= 0.3 is 0 Å². The second-order valence-electron chi connectivity index (χ2n) is 8.20. The molecule has 1 aliphatic heterocycles. The monoisotopic (exact) mass is 491 g/mol. The largest absolute Gasteiger partial charge is 0.503 e. The van der Waals surface area contributed by atoms with Crippen molar-refractivity contribution in [2.45, 2.75) is 13.0 Å². The number of amides is 1. The van der Waals surface area contributed by atoms with Gasteiger partial charge in [-0.2, -0.15) is 0 Å². The molecule has 8 heteroatoms. The molecule has 0 bridgehead atoms. The van der Waals surface area contributed by atoms with Gasteiger partial charge in [-0.1, -0.05) is 41.4 Å². The molecule has 0 spiro atoms. The second kappa shape index (κ2) is 8.60. The molecule has 5 rings (SSSR count). The lowest BCUT2D eigenvalue weighted by atomic mass is 9.94. The first-order chi connectivity index (χ1) is 16.8. The Bertz CT molecular complexity index is 1520. The Hall–Kier alpha value is -4.10. The summed E-state index contributed by atoms with van der Waals surface area (Å²) in [4.78, 5) is 28.2. The van der Waals surface area contributed by atoms with Gasteiger partial charge in [-0.15, -0.1) is 0 Å². The maximum atomic E-state index is 13.7. The number of carbonyl (C=O) groups excluding carboxylic acids is 2. The molecule has 1 aliphatic rings. The molecule has 1 atom stereocenters. The summed E-state index contributed by atoms with van der Waals surface area (Å²) in [5.41, 5.74) is 2.00. The van der Waals surface area contributed by atoms with Crippen molar-refractivity contribution in [1.29, 1.82) is 0 Å². The zero-order valence-corrected chi connectivity index (χ0v) is 19.5. The number of nitrogens with zero attached hydrogens (tertiary/aromatic N) is 1. The van der Waals surface area contributed by atoms with Crippen LogP contribution in [-0.4, -0.2) is 23.9 Å². The molecule has 1 unspecified atom stereocenters. The van der Waals surface area contributed by atoms with Crippen LogP contribution in [0.2, 0.25) is 5.02 Å². The Morgan fingerprint density at radius 3 is 2.54 bits per heavy atom. The maximum absolute atomic E-state index is 13.7. The standard InChI is InChI=1S/C27H19ClFNO5/c1-14-4-3-5-15(10-14)23-22(25(32)27(33)30(23)19-8-6-18(29)7-9-19)24(31)20-12-16-11-17(28)13-21(34-2)26(16)35-20/h3-13,23,32H,1-2H3. The molecule has 1 aromatic heterocycles. The predicted octanol–water partition coefficient (Wildman–Crippen LogP) is 6.33. The van der Waals surface area contributed by atoms with Gasteiger partial charge in [0.25, 0.3) is 5.91 Å². The number of Topliss-reactive ketones (excluding diaryl/α,β-unsaturated/α-hetero) is 1. The van der Waals surface area contributed by atoms with Crippen LogP contribution in [0.25, 0.3) is 11.0 Å². The van der Waals surface area contributed by atoms with Crippen LogP contribution in [0.4, 0.5) is 10.1 Å². The highest BCUT2D eigenvalue weighted by Gasteiger charge is 2.45. The summed E-state index contributed by atoms with van der Waals surface area (Å²) >= 11 is 6.14. The molecule has 0 radical (unpaired) electrons. The van der Waals surface area contributed by atoms with Gasteiger partial charge < -0.3 is 14.3 Å². The van der Waals surface area contributed by atoms with Crippen molar-refractivity contribution in [3.63, 3.8) is 0 Å². The van der Waals surface area contributed by atoms with E-state index in [2.05, 4.69) is 0 Å². The van der Waals surface area contributed by atoms with Gasteiger partial charge in [0, 0.05) is 22.2 Å². The average molecular weight is 492 g/mol. The van der Waals surface area contributed by atoms with E-state index in [1.165, 1.54) is 42.3 Å². The molecule has 4 aromatic rings. The normalized spacial score (nSPS) is 15.8. The predicted molar refractivity (Wildman–Crippen MR) is 130 cm³/mol. The summed E-state index contributed by atoms with van der Waals surface area (Å²) in [6.07, 6.45) is 0. The molecular formula is C27H19ClFNO5. The minimum Gasteiger partial charge on any atom is -0.503 e. The van der Waals surface area contributed by atoms with Gasteiger partial charge in [-0.05, 0) is 48.9 Å². The van der Waals surface area contributed by atoms with Crippen LogP contribution in [0.1, 0.15) is 27.7 Å². The van der Waals surface area contributed by atoms with E-state index in [4.69, 9.17) is 20.8 Å². The summed E-state index contributed by atoms with van der Waals surface area (Å²) in [5.74, 6) is -2.36. The Morgan fingerprint density at radius 1 is 1.11 bits per heavy atom. The number of anilines is 1. The highest BCUT2D eigenvalue weighted by molar-refractivity contribution is 6.31. The smallest absolute Gasteiger partial charge is 0.294 e. The number of hydrogen-bond acceptors (Lipinski definition) is 5. The molecule has 1 N–H and O–H groups in total. The van der Waals surface area contributed by atoms with Crippen molar-refractivity contribution >= 4 is 39.9 Å². The lowest BCUT2D eigenvalue weighted by Crippen LogP contribution is -2.31. The van der Waals surface area contributed by atoms with E-state index in [9.17, 15) is 19.1 Å². The van der Waals surface area contributed by atoms with E-state index in [-0.39, 0.29) is 11.3 Å². The van der Waals surface area contributed by atoms with Gasteiger partial charge in [0.1, 0.15) is 5.82 Å². The molecule has 0 saturated heterocycles. The molecule has 176 valence electrons. The number of carbonyl (C=O) groups is 2. The van der Waals surface area contributed by atoms with E-state index >= 15 is 0 Å². The first kappa shape index (κ1) is 22.7. The van der Waals surface area contributed by atoms with E-state index in [1.807, 2.05) is 19.1 Å². The molecule has 35 heavy (non-hydrogen) atoms. The van der Waals surface area contributed by atoms with Crippen molar-refractivity contribution < 1.29 is 28.2 Å². The molecule has 0 aliphatic carbocycles. The SMILES string of the molecule is COc1cc(Cl)cc2cc(C(=O)C3=C(O)C(=O)N(c4ccc(F)cc4)C3c3cccc(C)c3)oc12. The van der Waals surface area contributed by atoms with Gasteiger partial charge in [-0.3, -0.25) is 14.5 Å². The molecule has 6 nitrogen and oxygen atoms in total. The fourth-order valence-corrected chi connectivity index (χ4v) is 4.56. The number of hydrogen-bond donors (Lipinski definition) is 1. The number of fused-ring (bicyclic) bond motifs is 1. The van der Waals surface area contributed by atoms with E-state index in [1.54, 1.807) is 24.3 Å². The summed E-state index contributed by atoms with van der Waals surface area (Å²) in [6.45, 7) is 1.88. The maximum Gasteiger partial charge on any atom is 0.294 e. The average Bonchev–Trinajstić information content (AvgIpc) is 3.38. The molecule has 3 aromatic carbocycles. The van der Waals surface area contributed by atoms with E-state index < -0.39 is 29.3 Å². The number of furan rings is 1. The number of ether oxygens (including phenoxy) is 1. The van der Waals surface area contributed by atoms with Crippen LogP contribution in [0.3, 0.4) is 0 Å². The van der Waals surface area contributed by atoms with Crippen LogP contribution in [0.5, 0.6) is 5.75 Å². The fourth-order valence-electron chi connectivity index (χ4n) is 4.34. The van der Waals surface area contributed by atoms with Gasteiger partial charge in [0.2, 0.25) is 5.78 Å². The Kier molecular flexibility index (Phi) is 5.57. The highest BCUT2D eigenvalue weighted by Crippen LogP contribution is 2.43. The number of halogens is 2. The van der Waals surface area contributed by atoms with Gasteiger partial charge in [0.15, 0.2) is 22.9 Å². The summed E-state index contributed by atoms with van der Waals surface area (Å²) in [5, 5.41) is 11.8.